The number of aryl methyl sites for hydroxylation is 1. The van der Waals surface area contributed by atoms with Gasteiger partial charge in [0.1, 0.15) is 46.5 Å². The molecule has 8 heteroatoms. The SMILES string of the molecule is COc1ccc(Br)cc1C=C1Oc2cc(OC(=O)c3c(C)oc4ccc(OCc5ccccc5)cc34)ccc2C1=O. The zero-order valence-corrected chi connectivity index (χ0v) is 23.7. The minimum Gasteiger partial charge on any atom is -0.496 e. The number of esters is 1. The first-order valence-corrected chi connectivity index (χ1v) is 13.5. The normalized spacial score (nSPS) is 13.2. The van der Waals surface area contributed by atoms with Crippen molar-refractivity contribution in [2.24, 2.45) is 0 Å². The predicted octanol–water partition coefficient (Wildman–Crippen LogP) is 7.93. The van der Waals surface area contributed by atoms with E-state index < -0.39 is 5.97 Å². The van der Waals surface area contributed by atoms with Gasteiger partial charge in [0.05, 0.1) is 12.7 Å². The summed E-state index contributed by atoms with van der Waals surface area (Å²) in [6.07, 6.45) is 1.62. The lowest BCUT2D eigenvalue weighted by molar-refractivity contribution is 0.0734. The molecule has 1 aromatic heterocycles. The molecule has 0 amide bonds. The van der Waals surface area contributed by atoms with Gasteiger partial charge in [-0.1, -0.05) is 46.3 Å². The topological polar surface area (TPSA) is 84.2 Å². The van der Waals surface area contributed by atoms with Gasteiger partial charge in [0.15, 0.2) is 5.76 Å². The second kappa shape index (κ2) is 11.0. The fourth-order valence-electron chi connectivity index (χ4n) is 4.63. The van der Waals surface area contributed by atoms with E-state index in [0.29, 0.717) is 57.3 Å². The molecule has 41 heavy (non-hydrogen) atoms. The van der Waals surface area contributed by atoms with E-state index >= 15 is 0 Å². The van der Waals surface area contributed by atoms with Gasteiger partial charge in [0, 0.05) is 21.5 Å². The molecule has 5 aromatic rings. The number of rotatable bonds is 7. The van der Waals surface area contributed by atoms with Crippen molar-refractivity contribution >= 4 is 44.7 Å². The summed E-state index contributed by atoms with van der Waals surface area (Å²) < 4.78 is 29.6. The number of furan rings is 1. The first-order chi connectivity index (χ1) is 19.9. The second-order valence-corrected chi connectivity index (χ2v) is 10.3. The van der Waals surface area contributed by atoms with Crippen molar-refractivity contribution in [2.45, 2.75) is 13.5 Å². The molecule has 4 aromatic carbocycles. The monoisotopic (exact) mass is 610 g/mol. The largest absolute Gasteiger partial charge is 0.496 e. The van der Waals surface area contributed by atoms with Crippen LogP contribution in [0, 0.1) is 6.92 Å². The number of ketones is 1. The first-order valence-electron chi connectivity index (χ1n) is 12.7. The average Bonchev–Trinajstić information content (AvgIpc) is 3.47. The van der Waals surface area contributed by atoms with Gasteiger partial charge in [0.2, 0.25) is 5.78 Å². The molecular formula is C33H23BrO7. The van der Waals surface area contributed by atoms with E-state index in [4.69, 9.17) is 23.4 Å². The Morgan fingerprint density at radius 3 is 2.56 bits per heavy atom. The van der Waals surface area contributed by atoms with E-state index in [1.807, 2.05) is 42.5 Å². The number of carbonyl (C=O) groups is 2. The summed E-state index contributed by atoms with van der Waals surface area (Å²) in [4.78, 5) is 26.3. The molecule has 1 aliphatic heterocycles. The molecule has 0 fully saturated rings. The zero-order chi connectivity index (χ0) is 28.5. The van der Waals surface area contributed by atoms with Crippen molar-refractivity contribution in [2.75, 3.05) is 7.11 Å². The number of carbonyl (C=O) groups excluding carboxylic acids is 2. The van der Waals surface area contributed by atoms with E-state index in [1.54, 1.807) is 56.5 Å². The molecule has 0 bridgehead atoms. The van der Waals surface area contributed by atoms with Gasteiger partial charge in [-0.2, -0.15) is 0 Å². The Balaban J connectivity index is 1.22. The summed E-state index contributed by atoms with van der Waals surface area (Å²) in [6, 6.07) is 25.3. The van der Waals surface area contributed by atoms with E-state index in [1.165, 1.54) is 6.07 Å². The van der Waals surface area contributed by atoms with Crippen LogP contribution in [0.1, 0.15) is 37.6 Å². The summed E-state index contributed by atoms with van der Waals surface area (Å²) >= 11 is 3.44. The van der Waals surface area contributed by atoms with Gasteiger partial charge in [-0.15, -0.1) is 0 Å². The lowest BCUT2D eigenvalue weighted by Crippen LogP contribution is -2.09. The van der Waals surface area contributed by atoms with E-state index in [0.717, 1.165) is 10.0 Å². The van der Waals surface area contributed by atoms with Crippen molar-refractivity contribution in [3.05, 3.63) is 123 Å². The van der Waals surface area contributed by atoms with Crippen molar-refractivity contribution in [1.29, 1.82) is 0 Å². The van der Waals surface area contributed by atoms with Gasteiger partial charge in [-0.3, -0.25) is 4.79 Å². The van der Waals surface area contributed by atoms with Crippen molar-refractivity contribution in [1.82, 2.24) is 0 Å². The number of hydrogen-bond acceptors (Lipinski definition) is 7. The number of Topliss-reactive ketones (excluding diaryl/α,β-unsaturated/α-hetero) is 1. The quantitative estimate of drug-likeness (QED) is 0.105. The third kappa shape index (κ3) is 5.34. The van der Waals surface area contributed by atoms with Gasteiger partial charge in [-0.05, 0) is 67.1 Å². The minimum absolute atomic E-state index is 0.139. The molecule has 1 aliphatic rings. The Hall–Kier alpha value is -4.82. The van der Waals surface area contributed by atoms with Crippen LogP contribution >= 0.6 is 15.9 Å². The molecule has 0 N–H and O–H groups in total. The molecule has 204 valence electrons. The van der Waals surface area contributed by atoms with Crippen LogP contribution in [0.15, 0.2) is 99.6 Å². The molecule has 0 radical (unpaired) electrons. The van der Waals surface area contributed by atoms with Crippen molar-refractivity contribution < 1.29 is 33.0 Å². The lowest BCUT2D eigenvalue weighted by atomic mass is 10.1. The van der Waals surface area contributed by atoms with E-state index in [9.17, 15) is 9.59 Å². The Labute approximate surface area is 244 Å². The first kappa shape index (κ1) is 26.4. The summed E-state index contributed by atoms with van der Waals surface area (Å²) in [5.41, 5.74) is 2.92. The van der Waals surface area contributed by atoms with Gasteiger partial charge in [-0.25, -0.2) is 4.79 Å². The number of ether oxygens (including phenoxy) is 4. The van der Waals surface area contributed by atoms with Crippen LogP contribution in [0.2, 0.25) is 0 Å². The molecule has 0 unspecified atom stereocenters. The lowest BCUT2D eigenvalue weighted by Gasteiger charge is -2.07. The van der Waals surface area contributed by atoms with Crippen LogP contribution < -0.4 is 18.9 Å². The van der Waals surface area contributed by atoms with Crippen LogP contribution in [0.3, 0.4) is 0 Å². The fraction of sp³-hybridized carbons (Fsp3) is 0.0909. The Kier molecular flexibility index (Phi) is 7.07. The van der Waals surface area contributed by atoms with E-state index in [-0.39, 0.29) is 17.3 Å². The smallest absolute Gasteiger partial charge is 0.347 e. The van der Waals surface area contributed by atoms with Gasteiger partial charge < -0.3 is 23.4 Å². The highest BCUT2D eigenvalue weighted by atomic mass is 79.9. The van der Waals surface area contributed by atoms with Crippen molar-refractivity contribution in [3.8, 4) is 23.0 Å². The highest BCUT2D eigenvalue weighted by Gasteiger charge is 2.29. The number of halogens is 1. The number of hydrogen-bond donors (Lipinski definition) is 0. The molecule has 7 nitrogen and oxygen atoms in total. The maximum absolute atomic E-state index is 13.3. The molecule has 0 saturated heterocycles. The van der Waals surface area contributed by atoms with Crippen molar-refractivity contribution in [3.63, 3.8) is 0 Å². The minimum atomic E-state index is -0.597. The third-order valence-electron chi connectivity index (χ3n) is 6.62. The molecule has 0 atom stereocenters. The summed E-state index contributed by atoms with van der Waals surface area (Å²) in [7, 11) is 1.56. The van der Waals surface area contributed by atoms with E-state index in [2.05, 4.69) is 15.9 Å². The molecular weight excluding hydrogens is 588 g/mol. The van der Waals surface area contributed by atoms with Crippen LogP contribution in [0.5, 0.6) is 23.0 Å². The summed E-state index contributed by atoms with van der Waals surface area (Å²) in [5.74, 6) is 1.41. The zero-order valence-electron chi connectivity index (χ0n) is 22.1. The molecule has 2 heterocycles. The summed E-state index contributed by atoms with van der Waals surface area (Å²) in [5, 5.41) is 0.582. The Morgan fingerprint density at radius 1 is 0.951 bits per heavy atom. The maximum atomic E-state index is 13.3. The van der Waals surface area contributed by atoms with Crippen LogP contribution in [-0.2, 0) is 6.61 Å². The standard InChI is InChI=1S/C33H23BrO7/c1-19-31(26-16-23(10-13-28(26)39-19)38-18-20-6-4-3-5-7-20)33(36)40-24-9-11-25-29(17-24)41-30(32(25)35)15-21-14-22(34)8-12-27(21)37-2/h3-17H,18H2,1-2H3. The molecule has 6 rings (SSSR count). The molecule has 0 saturated carbocycles. The number of allylic oxidation sites excluding steroid dienone is 1. The Morgan fingerprint density at radius 2 is 1.76 bits per heavy atom. The number of fused-ring (bicyclic) bond motifs is 2. The second-order valence-electron chi connectivity index (χ2n) is 9.34. The van der Waals surface area contributed by atoms with Crippen LogP contribution in [0.4, 0.5) is 0 Å². The predicted molar refractivity (Wildman–Crippen MR) is 157 cm³/mol. The maximum Gasteiger partial charge on any atom is 0.347 e. The fourth-order valence-corrected chi connectivity index (χ4v) is 5.01. The third-order valence-corrected chi connectivity index (χ3v) is 7.11. The van der Waals surface area contributed by atoms with Gasteiger partial charge >= 0.3 is 5.97 Å². The highest BCUT2D eigenvalue weighted by molar-refractivity contribution is 9.10. The number of methoxy groups -OCH3 is 1. The average molecular weight is 611 g/mol. The van der Waals surface area contributed by atoms with Crippen LogP contribution in [-0.4, -0.2) is 18.9 Å². The Bertz CT molecular complexity index is 1840. The molecule has 0 aliphatic carbocycles. The molecule has 0 spiro atoms. The highest BCUT2D eigenvalue weighted by Crippen LogP contribution is 2.37. The summed E-state index contributed by atoms with van der Waals surface area (Å²) in [6.45, 7) is 2.10. The van der Waals surface area contributed by atoms with Gasteiger partial charge in [0.25, 0.3) is 0 Å². The number of benzene rings is 4. The van der Waals surface area contributed by atoms with Crippen LogP contribution in [0.25, 0.3) is 17.0 Å².